The molecule has 88 valence electrons. The lowest BCUT2D eigenvalue weighted by Gasteiger charge is -2.05. The third-order valence-corrected chi connectivity index (χ3v) is 2.34. The van der Waals surface area contributed by atoms with Gasteiger partial charge in [0.15, 0.2) is 11.4 Å². The lowest BCUT2D eigenvalue weighted by Crippen LogP contribution is -2.10. The van der Waals surface area contributed by atoms with Gasteiger partial charge in [0.25, 0.3) is 0 Å². The minimum atomic E-state index is 0.116. The van der Waals surface area contributed by atoms with E-state index in [1.165, 1.54) is 6.33 Å². The maximum atomic E-state index is 8.98. The predicted octanol–water partition coefficient (Wildman–Crippen LogP) is 0.355. The van der Waals surface area contributed by atoms with Gasteiger partial charge < -0.3 is 9.99 Å². The van der Waals surface area contributed by atoms with Crippen LogP contribution in [0.1, 0.15) is 17.1 Å². The summed E-state index contributed by atoms with van der Waals surface area (Å²) in [6, 6.07) is 9.14. The topological polar surface area (TPSA) is 116 Å². The summed E-state index contributed by atoms with van der Waals surface area (Å²) < 4.78 is 1.57. The molecule has 0 saturated carbocycles. The van der Waals surface area contributed by atoms with Crippen LogP contribution < -0.4 is 11.3 Å². The minimum Gasteiger partial charge on any atom is -0.315 e. The Bertz CT molecular complexity index is 644. The number of pyridine rings is 1. The molecule has 0 bridgehead atoms. The van der Waals surface area contributed by atoms with Crippen LogP contribution in [0.3, 0.4) is 0 Å². The Morgan fingerprint density at radius 3 is 2.83 bits per heavy atom. The number of hydrogen-bond acceptors (Lipinski definition) is 6. The van der Waals surface area contributed by atoms with Crippen molar-refractivity contribution in [3.63, 3.8) is 0 Å². The third kappa shape index (κ3) is 2.12. The van der Waals surface area contributed by atoms with Crippen LogP contribution in [0.5, 0.6) is 0 Å². The number of nitrogens with one attached hydrogen (secondary N) is 1. The lowest BCUT2D eigenvalue weighted by molar-refractivity contribution is 0.763. The zero-order chi connectivity index (χ0) is 13.0. The molecule has 0 fully saturated rings. The summed E-state index contributed by atoms with van der Waals surface area (Å²) in [5.41, 5.74) is 3.50. The van der Waals surface area contributed by atoms with Crippen molar-refractivity contribution in [2.45, 2.75) is 6.54 Å². The summed E-state index contributed by atoms with van der Waals surface area (Å²) in [5, 5.41) is 17.8. The highest BCUT2D eigenvalue weighted by Gasteiger charge is 2.10. The van der Waals surface area contributed by atoms with Gasteiger partial charge in [-0.25, -0.2) is 15.8 Å². The monoisotopic (exact) mass is 239 g/mol. The van der Waals surface area contributed by atoms with Crippen LogP contribution >= 0.6 is 0 Å². The first-order valence-corrected chi connectivity index (χ1v) is 5.06. The van der Waals surface area contributed by atoms with Gasteiger partial charge in [-0.1, -0.05) is 6.07 Å². The summed E-state index contributed by atoms with van der Waals surface area (Å²) in [6.07, 6.45) is 1.45. The second-order valence-electron chi connectivity index (χ2n) is 3.45. The number of anilines is 1. The molecule has 0 saturated heterocycles. The quantitative estimate of drug-likeness (QED) is 0.589. The second-order valence-corrected chi connectivity index (χ2v) is 3.45. The van der Waals surface area contributed by atoms with Gasteiger partial charge >= 0.3 is 0 Å². The van der Waals surface area contributed by atoms with Crippen LogP contribution in [0.25, 0.3) is 0 Å². The van der Waals surface area contributed by atoms with Crippen LogP contribution in [-0.4, -0.2) is 14.5 Å². The van der Waals surface area contributed by atoms with E-state index in [4.69, 9.17) is 16.4 Å². The number of hydrogen-bond donors (Lipinski definition) is 2. The molecule has 18 heavy (non-hydrogen) atoms. The Labute approximate surface area is 103 Å². The van der Waals surface area contributed by atoms with Gasteiger partial charge in [0.05, 0.1) is 18.6 Å². The molecule has 0 aliphatic rings. The molecular formula is C11H9N7. The summed E-state index contributed by atoms with van der Waals surface area (Å²) in [5.74, 6) is 5.80. The summed E-state index contributed by atoms with van der Waals surface area (Å²) >= 11 is 0. The van der Waals surface area contributed by atoms with Crippen molar-refractivity contribution in [2.75, 3.05) is 5.43 Å². The number of nitrogens with two attached hydrogens (primary N) is 1. The van der Waals surface area contributed by atoms with Crippen molar-refractivity contribution in [3.05, 3.63) is 41.6 Å². The van der Waals surface area contributed by atoms with Crippen LogP contribution in [0, 0.1) is 22.7 Å². The van der Waals surface area contributed by atoms with E-state index in [2.05, 4.69) is 15.4 Å². The van der Waals surface area contributed by atoms with Crippen molar-refractivity contribution in [1.82, 2.24) is 14.5 Å². The van der Waals surface area contributed by atoms with Crippen molar-refractivity contribution in [3.8, 4) is 12.1 Å². The number of nitrogen functional groups attached to an aromatic ring is 1. The Morgan fingerprint density at radius 1 is 1.33 bits per heavy atom. The van der Waals surface area contributed by atoms with Crippen LogP contribution in [0.15, 0.2) is 24.5 Å². The predicted molar refractivity (Wildman–Crippen MR) is 62.8 cm³/mol. The average molecular weight is 239 g/mol. The molecule has 0 spiro atoms. The van der Waals surface area contributed by atoms with Crippen LogP contribution in [-0.2, 0) is 6.54 Å². The Morgan fingerprint density at radius 2 is 2.17 bits per heavy atom. The zero-order valence-corrected chi connectivity index (χ0v) is 9.33. The maximum absolute atomic E-state index is 8.98. The molecule has 0 aromatic carbocycles. The second kappa shape index (κ2) is 4.95. The molecule has 0 unspecified atom stereocenters. The van der Waals surface area contributed by atoms with E-state index in [0.29, 0.717) is 18.1 Å². The zero-order valence-electron chi connectivity index (χ0n) is 9.33. The molecule has 0 atom stereocenters. The minimum absolute atomic E-state index is 0.116. The normalized spacial score (nSPS) is 9.50. The molecule has 2 aromatic heterocycles. The van der Waals surface area contributed by atoms with Gasteiger partial charge in [-0.3, -0.25) is 0 Å². The fourth-order valence-electron chi connectivity index (χ4n) is 1.52. The third-order valence-electron chi connectivity index (χ3n) is 2.34. The van der Waals surface area contributed by atoms with E-state index >= 15 is 0 Å². The van der Waals surface area contributed by atoms with E-state index in [9.17, 15) is 0 Å². The van der Waals surface area contributed by atoms with E-state index in [-0.39, 0.29) is 11.4 Å². The van der Waals surface area contributed by atoms with Crippen molar-refractivity contribution >= 4 is 5.82 Å². The Hall–Kier alpha value is -2.90. The summed E-state index contributed by atoms with van der Waals surface area (Å²) in [7, 11) is 0. The molecule has 0 aliphatic carbocycles. The Kier molecular flexibility index (Phi) is 3.19. The summed E-state index contributed by atoms with van der Waals surface area (Å²) in [4.78, 5) is 8.08. The van der Waals surface area contributed by atoms with Crippen molar-refractivity contribution < 1.29 is 0 Å². The van der Waals surface area contributed by atoms with Gasteiger partial charge in [0, 0.05) is 0 Å². The molecule has 2 aromatic rings. The molecule has 7 nitrogen and oxygen atoms in total. The number of aromatic nitrogens is 3. The molecule has 7 heteroatoms. The maximum Gasteiger partial charge on any atom is 0.176 e. The van der Waals surface area contributed by atoms with Gasteiger partial charge in [-0.2, -0.15) is 10.5 Å². The first kappa shape index (κ1) is 11.6. The number of imidazole rings is 1. The standard InChI is InChI=1S/C11H9N7/c12-4-9-10(5-13)18(7-15-9)6-8-2-1-3-11(16-8)17-14/h1-3,7H,6,14H2,(H,16,17). The number of hydrazine groups is 1. The largest absolute Gasteiger partial charge is 0.315 e. The number of rotatable bonds is 3. The molecule has 0 aliphatic heterocycles. The smallest absolute Gasteiger partial charge is 0.176 e. The van der Waals surface area contributed by atoms with Crippen LogP contribution in [0.2, 0.25) is 0 Å². The number of nitrogens with zero attached hydrogens (tertiary/aromatic N) is 5. The van der Waals surface area contributed by atoms with Gasteiger partial charge in [-0.15, -0.1) is 0 Å². The van der Waals surface area contributed by atoms with Gasteiger partial charge in [0.1, 0.15) is 18.0 Å². The van der Waals surface area contributed by atoms with Gasteiger partial charge in [-0.05, 0) is 12.1 Å². The molecule has 3 N–H and O–H groups in total. The Balaban J connectivity index is 2.32. The van der Waals surface area contributed by atoms with Crippen molar-refractivity contribution in [1.29, 1.82) is 10.5 Å². The fourth-order valence-corrected chi connectivity index (χ4v) is 1.52. The molecule has 0 amide bonds. The first-order chi connectivity index (χ1) is 8.78. The van der Waals surface area contributed by atoms with Gasteiger partial charge in [0.2, 0.25) is 0 Å². The van der Waals surface area contributed by atoms with E-state index < -0.39 is 0 Å². The average Bonchev–Trinajstić information content (AvgIpc) is 2.80. The highest BCUT2D eigenvalue weighted by Crippen LogP contribution is 2.09. The first-order valence-electron chi connectivity index (χ1n) is 5.06. The van der Waals surface area contributed by atoms with Crippen LogP contribution in [0.4, 0.5) is 5.82 Å². The number of nitriles is 2. The summed E-state index contributed by atoms with van der Waals surface area (Å²) in [6.45, 7) is 0.354. The molecule has 0 radical (unpaired) electrons. The fraction of sp³-hybridized carbons (Fsp3) is 0.0909. The SMILES string of the molecule is N#Cc1ncn(Cc2cccc(NN)n2)c1C#N. The molecule has 2 rings (SSSR count). The van der Waals surface area contributed by atoms with E-state index in [0.717, 1.165) is 0 Å². The highest BCUT2D eigenvalue weighted by molar-refractivity contribution is 5.37. The van der Waals surface area contributed by atoms with E-state index in [1.54, 1.807) is 22.8 Å². The molecule has 2 heterocycles. The highest BCUT2D eigenvalue weighted by atomic mass is 15.2. The van der Waals surface area contributed by atoms with Crippen molar-refractivity contribution in [2.24, 2.45) is 5.84 Å². The van der Waals surface area contributed by atoms with E-state index in [1.807, 2.05) is 12.1 Å². The lowest BCUT2D eigenvalue weighted by atomic mass is 10.3. The molecular weight excluding hydrogens is 230 g/mol.